The second-order valence-electron chi connectivity index (χ2n) is 6.69. The number of nitrogens with zero attached hydrogens (tertiary/aromatic N) is 1. The van der Waals surface area contributed by atoms with Gasteiger partial charge in [-0.15, -0.1) is 0 Å². The van der Waals surface area contributed by atoms with Crippen LogP contribution in [0.4, 0.5) is 5.69 Å². The third kappa shape index (κ3) is 4.48. The quantitative estimate of drug-likeness (QED) is 0.503. The van der Waals surface area contributed by atoms with Gasteiger partial charge in [0.15, 0.2) is 12.4 Å². The van der Waals surface area contributed by atoms with Crippen molar-refractivity contribution in [1.29, 1.82) is 0 Å². The number of benzene rings is 2. The highest BCUT2D eigenvalue weighted by atomic mass is 16.5. The van der Waals surface area contributed by atoms with E-state index >= 15 is 0 Å². The second kappa shape index (κ2) is 8.65. The van der Waals surface area contributed by atoms with Gasteiger partial charge in [-0.3, -0.25) is 14.6 Å². The molecule has 6 nitrogen and oxygen atoms in total. The number of Topliss-reactive ketones (excluding diaryl/α,β-unsaturated/α-hetero) is 1. The van der Waals surface area contributed by atoms with Crippen molar-refractivity contribution in [2.45, 2.75) is 27.2 Å². The number of ether oxygens (including phenoxy) is 1. The average molecular weight is 390 g/mol. The Bertz CT molecular complexity index is 1090. The van der Waals surface area contributed by atoms with Gasteiger partial charge in [0, 0.05) is 23.1 Å². The lowest BCUT2D eigenvalue weighted by Crippen LogP contribution is -2.17. The summed E-state index contributed by atoms with van der Waals surface area (Å²) >= 11 is 0. The molecule has 148 valence electrons. The molecule has 2 aromatic carbocycles. The Labute approximate surface area is 168 Å². The molecule has 0 radical (unpaired) electrons. The Morgan fingerprint density at radius 1 is 1.00 bits per heavy atom. The van der Waals surface area contributed by atoms with E-state index in [1.54, 1.807) is 38.1 Å². The minimum absolute atomic E-state index is 0.104. The zero-order chi connectivity index (χ0) is 21.0. The average Bonchev–Trinajstić information content (AvgIpc) is 2.72. The number of anilines is 1. The first kappa shape index (κ1) is 20.2. The lowest BCUT2D eigenvalue weighted by molar-refractivity contribution is -0.115. The molecule has 1 amide bonds. The molecule has 0 aliphatic carbocycles. The van der Waals surface area contributed by atoms with Gasteiger partial charge in [-0.05, 0) is 49.7 Å². The third-order valence-corrected chi connectivity index (χ3v) is 4.68. The number of para-hydroxylation sites is 1. The van der Waals surface area contributed by atoms with Crippen LogP contribution in [0.25, 0.3) is 10.9 Å². The van der Waals surface area contributed by atoms with Crippen LogP contribution in [-0.2, 0) is 9.53 Å². The van der Waals surface area contributed by atoms with Gasteiger partial charge < -0.3 is 10.1 Å². The lowest BCUT2D eigenvalue weighted by Gasteiger charge is -2.12. The van der Waals surface area contributed by atoms with E-state index in [0.29, 0.717) is 28.9 Å². The predicted molar refractivity (Wildman–Crippen MR) is 111 cm³/mol. The summed E-state index contributed by atoms with van der Waals surface area (Å²) in [5.41, 5.74) is 3.55. The molecule has 0 aliphatic rings. The summed E-state index contributed by atoms with van der Waals surface area (Å²) in [6.45, 7) is 4.99. The van der Waals surface area contributed by atoms with Crippen LogP contribution >= 0.6 is 0 Å². The summed E-state index contributed by atoms with van der Waals surface area (Å²) in [7, 11) is 0. The van der Waals surface area contributed by atoms with Crippen LogP contribution in [0.5, 0.6) is 0 Å². The van der Waals surface area contributed by atoms with Crippen LogP contribution in [0.15, 0.2) is 48.5 Å². The number of carbonyl (C=O) groups is 3. The fourth-order valence-electron chi connectivity index (χ4n) is 3.11. The number of aromatic nitrogens is 1. The summed E-state index contributed by atoms with van der Waals surface area (Å²) in [4.78, 5) is 40.9. The van der Waals surface area contributed by atoms with Gasteiger partial charge in [0.1, 0.15) is 0 Å². The van der Waals surface area contributed by atoms with Crippen molar-refractivity contribution in [2.24, 2.45) is 0 Å². The molecule has 1 aromatic heterocycles. The highest BCUT2D eigenvalue weighted by molar-refractivity contribution is 6.02. The number of amides is 1. The van der Waals surface area contributed by atoms with Crippen molar-refractivity contribution in [3.8, 4) is 0 Å². The molecule has 3 rings (SSSR count). The van der Waals surface area contributed by atoms with E-state index in [9.17, 15) is 14.4 Å². The summed E-state index contributed by atoms with van der Waals surface area (Å²) < 4.78 is 5.27. The SMILES string of the molecule is CCC(=O)Nc1ccc(C(=O)COC(=O)c2c(C)nc3ccccc3c2C)cc1. The third-order valence-electron chi connectivity index (χ3n) is 4.68. The first-order chi connectivity index (χ1) is 13.9. The summed E-state index contributed by atoms with van der Waals surface area (Å²) in [6, 6.07) is 14.0. The first-order valence-corrected chi connectivity index (χ1v) is 9.37. The van der Waals surface area contributed by atoms with Crippen LogP contribution in [0.3, 0.4) is 0 Å². The molecule has 0 saturated carbocycles. The van der Waals surface area contributed by atoms with Gasteiger partial charge in [0.05, 0.1) is 16.8 Å². The normalized spacial score (nSPS) is 10.6. The molecule has 0 spiro atoms. The van der Waals surface area contributed by atoms with Crippen LogP contribution < -0.4 is 5.32 Å². The monoisotopic (exact) mass is 390 g/mol. The molecule has 0 bridgehead atoms. The smallest absolute Gasteiger partial charge is 0.340 e. The molecule has 0 atom stereocenters. The number of aryl methyl sites for hydroxylation is 2. The van der Waals surface area contributed by atoms with Crippen LogP contribution in [0.1, 0.15) is 45.3 Å². The first-order valence-electron chi connectivity index (χ1n) is 9.37. The second-order valence-corrected chi connectivity index (χ2v) is 6.69. The maximum atomic E-state index is 12.6. The minimum atomic E-state index is -0.571. The number of nitrogens with one attached hydrogen (secondary N) is 1. The van der Waals surface area contributed by atoms with E-state index in [4.69, 9.17) is 4.74 Å². The number of hydrogen-bond donors (Lipinski definition) is 1. The van der Waals surface area contributed by atoms with Crippen molar-refractivity contribution < 1.29 is 19.1 Å². The molecular weight excluding hydrogens is 368 g/mol. The Kier molecular flexibility index (Phi) is 6.02. The topological polar surface area (TPSA) is 85.4 Å². The van der Waals surface area contributed by atoms with Crippen molar-refractivity contribution in [3.63, 3.8) is 0 Å². The number of hydrogen-bond acceptors (Lipinski definition) is 5. The van der Waals surface area contributed by atoms with Crippen molar-refractivity contribution in [2.75, 3.05) is 11.9 Å². The van der Waals surface area contributed by atoms with Gasteiger partial charge in [0.2, 0.25) is 5.91 Å². The van der Waals surface area contributed by atoms with Crippen molar-refractivity contribution >= 4 is 34.3 Å². The van der Waals surface area contributed by atoms with Crippen LogP contribution in [0.2, 0.25) is 0 Å². The number of ketones is 1. The number of fused-ring (bicyclic) bond motifs is 1. The Balaban J connectivity index is 1.70. The van der Waals surface area contributed by atoms with Gasteiger partial charge in [-0.2, -0.15) is 0 Å². The van der Waals surface area contributed by atoms with Crippen LogP contribution in [0, 0.1) is 13.8 Å². The standard InChI is InChI=1S/C23H22N2O4/c1-4-21(27)25-17-11-9-16(10-12-17)20(26)13-29-23(28)22-14(2)18-7-5-6-8-19(18)24-15(22)3/h5-12H,4,13H2,1-3H3,(H,25,27). The summed E-state index contributed by atoms with van der Waals surface area (Å²) in [5, 5.41) is 3.59. The van der Waals surface area contributed by atoms with E-state index in [-0.39, 0.29) is 18.3 Å². The molecule has 6 heteroatoms. The van der Waals surface area contributed by atoms with Gasteiger partial charge in [-0.25, -0.2) is 4.79 Å². The van der Waals surface area contributed by atoms with Crippen molar-refractivity contribution in [1.82, 2.24) is 4.98 Å². The summed E-state index contributed by atoms with van der Waals surface area (Å²) in [5.74, 6) is -0.998. The molecule has 0 unspecified atom stereocenters. The highest BCUT2D eigenvalue weighted by Gasteiger charge is 2.19. The fraction of sp³-hybridized carbons (Fsp3) is 0.217. The molecule has 1 heterocycles. The summed E-state index contributed by atoms with van der Waals surface area (Å²) in [6.07, 6.45) is 0.374. The molecule has 3 aromatic rings. The lowest BCUT2D eigenvalue weighted by atomic mass is 10.0. The number of esters is 1. The molecule has 29 heavy (non-hydrogen) atoms. The number of rotatable bonds is 6. The van der Waals surface area contributed by atoms with E-state index in [1.165, 1.54) is 0 Å². The molecule has 0 fully saturated rings. The van der Waals surface area contributed by atoms with E-state index in [2.05, 4.69) is 10.3 Å². The molecule has 1 N–H and O–H groups in total. The molecule has 0 saturated heterocycles. The molecule has 0 aliphatic heterocycles. The molecular formula is C23H22N2O4. The predicted octanol–water partition coefficient (Wildman–Crippen LogP) is 4.24. The Morgan fingerprint density at radius 2 is 1.69 bits per heavy atom. The number of carbonyl (C=O) groups excluding carboxylic acids is 3. The van der Waals surface area contributed by atoms with E-state index in [1.807, 2.05) is 31.2 Å². The fourth-order valence-corrected chi connectivity index (χ4v) is 3.11. The largest absolute Gasteiger partial charge is 0.454 e. The Hall–Kier alpha value is -3.54. The zero-order valence-electron chi connectivity index (χ0n) is 16.6. The Morgan fingerprint density at radius 3 is 2.38 bits per heavy atom. The van der Waals surface area contributed by atoms with Crippen molar-refractivity contribution in [3.05, 3.63) is 70.9 Å². The number of pyridine rings is 1. The highest BCUT2D eigenvalue weighted by Crippen LogP contribution is 2.23. The van der Waals surface area contributed by atoms with E-state index in [0.717, 1.165) is 16.5 Å². The van der Waals surface area contributed by atoms with E-state index < -0.39 is 5.97 Å². The maximum Gasteiger partial charge on any atom is 0.340 e. The van der Waals surface area contributed by atoms with Crippen LogP contribution in [-0.4, -0.2) is 29.3 Å². The van der Waals surface area contributed by atoms with Gasteiger partial charge in [-0.1, -0.05) is 25.1 Å². The van der Waals surface area contributed by atoms with Gasteiger partial charge >= 0.3 is 5.97 Å². The minimum Gasteiger partial charge on any atom is -0.454 e. The zero-order valence-corrected chi connectivity index (χ0v) is 16.6. The maximum absolute atomic E-state index is 12.6. The van der Waals surface area contributed by atoms with Gasteiger partial charge in [0.25, 0.3) is 0 Å².